The molecule has 0 saturated carbocycles. The summed E-state index contributed by atoms with van der Waals surface area (Å²) in [7, 11) is 5.35. The highest BCUT2D eigenvalue weighted by molar-refractivity contribution is 6.05. The predicted octanol–water partition coefficient (Wildman–Crippen LogP) is 3.57. The van der Waals surface area contributed by atoms with Gasteiger partial charge >= 0.3 is 0 Å². The number of nitrogens with one attached hydrogen (secondary N) is 2. The monoisotopic (exact) mass is 516 g/mol. The Morgan fingerprint density at radius 2 is 1.92 bits per heavy atom. The number of nitrogens with zero attached hydrogens (tertiary/aromatic N) is 6. The maximum Gasteiger partial charge on any atom is 0.273 e. The lowest BCUT2D eigenvalue weighted by molar-refractivity contribution is 0.0781. The Morgan fingerprint density at radius 3 is 2.63 bits per heavy atom. The molecule has 0 unspecified atom stereocenters. The van der Waals surface area contributed by atoms with Crippen LogP contribution in [0.15, 0.2) is 36.5 Å². The van der Waals surface area contributed by atoms with Crippen LogP contribution in [0.4, 0.5) is 5.82 Å². The summed E-state index contributed by atoms with van der Waals surface area (Å²) < 4.78 is 7.25. The van der Waals surface area contributed by atoms with Gasteiger partial charge in [0.25, 0.3) is 5.91 Å². The molecular formula is C28H36N8O2. The molecule has 200 valence electrons. The Hall–Kier alpha value is -3.89. The summed E-state index contributed by atoms with van der Waals surface area (Å²) in [5, 5.41) is 11.6. The van der Waals surface area contributed by atoms with Gasteiger partial charge in [-0.3, -0.25) is 9.48 Å². The molecule has 4 rings (SSSR count). The van der Waals surface area contributed by atoms with Gasteiger partial charge in [-0.2, -0.15) is 5.10 Å². The third kappa shape index (κ3) is 5.98. The number of benzene rings is 1. The highest BCUT2D eigenvalue weighted by Crippen LogP contribution is 2.26. The number of aryl methyl sites for hydroxylation is 2. The molecule has 0 fully saturated rings. The standard InChI is InChI=1S/C28H36N8O2/c1-7-36-19(3)22(15-31-36)16-35(5)28(37)26-23-13-20(17-38-6)8-9-24(23)33-27(34-26)21-12-18(2)32-25(14-21)30-11-10-29-4/h8-9,12-15,29H,7,10-11,16-17H2,1-6H3,(H,30,32). The molecule has 0 aliphatic carbocycles. The molecule has 10 nitrogen and oxygen atoms in total. The van der Waals surface area contributed by atoms with E-state index in [0.717, 1.165) is 53.5 Å². The molecule has 1 aromatic carbocycles. The first-order valence-electron chi connectivity index (χ1n) is 12.8. The Balaban J connectivity index is 1.77. The molecule has 0 saturated heterocycles. The number of likely N-dealkylation sites (N-methyl/N-ethyl adjacent to an activating group) is 1. The van der Waals surface area contributed by atoms with Crippen LogP contribution in [0.1, 0.15) is 39.9 Å². The van der Waals surface area contributed by atoms with E-state index in [-0.39, 0.29) is 5.91 Å². The van der Waals surface area contributed by atoms with Crippen molar-refractivity contribution in [2.75, 3.05) is 39.6 Å². The number of hydrogen-bond acceptors (Lipinski definition) is 8. The average molecular weight is 517 g/mol. The SMILES string of the molecule is CCn1ncc(CN(C)C(=O)c2nc(-c3cc(C)nc(NCCNC)c3)nc3ccc(COC)cc23)c1C. The van der Waals surface area contributed by atoms with Crippen LogP contribution in [0.25, 0.3) is 22.3 Å². The van der Waals surface area contributed by atoms with Gasteiger partial charge in [0.15, 0.2) is 5.82 Å². The number of aromatic nitrogens is 5. The number of pyridine rings is 1. The molecule has 0 aliphatic heterocycles. The molecule has 38 heavy (non-hydrogen) atoms. The van der Waals surface area contributed by atoms with E-state index in [1.807, 2.05) is 69.0 Å². The predicted molar refractivity (Wildman–Crippen MR) is 149 cm³/mol. The minimum Gasteiger partial charge on any atom is -0.380 e. The van der Waals surface area contributed by atoms with Crippen LogP contribution in [0.3, 0.4) is 0 Å². The van der Waals surface area contributed by atoms with Gasteiger partial charge < -0.3 is 20.3 Å². The summed E-state index contributed by atoms with van der Waals surface area (Å²) in [5.41, 5.74) is 5.68. The smallest absolute Gasteiger partial charge is 0.273 e. The summed E-state index contributed by atoms with van der Waals surface area (Å²) in [5.74, 6) is 1.03. The van der Waals surface area contributed by atoms with Gasteiger partial charge in [0.2, 0.25) is 0 Å². The molecule has 0 atom stereocenters. The highest BCUT2D eigenvalue weighted by Gasteiger charge is 2.21. The molecule has 0 aliphatic rings. The first kappa shape index (κ1) is 27.2. The zero-order valence-electron chi connectivity index (χ0n) is 23.0. The number of carbonyl (C=O) groups is 1. The van der Waals surface area contributed by atoms with E-state index in [1.54, 1.807) is 19.1 Å². The third-order valence-electron chi connectivity index (χ3n) is 6.43. The lowest BCUT2D eigenvalue weighted by Crippen LogP contribution is -2.28. The molecule has 10 heteroatoms. The second kappa shape index (κ2) is 12.1. The topological polar surface area (TPSA) is 110 Å². The van der Waals surface area contributed by atoms with Gasteiger partial charge in [0, 0.05) is 68.2 Å². The number of carbonyl (C=O) groups excluding carboxylic acids is 1. The van der Waals surface area contributed by atoms with E-state index in [1.165, 1.54) is 0 Å². The van der Waals surface area contributed by atoms with Crippen LogP contribution in [0, 0.1) is 13.8 Å². The van der Waals surface area contributed by atoms with Gasteiger partial charge in [-0.1, -0.05) is 6.07 Å². The van der Waals surface area contributed by atoms with E-state index in [9.17, 15) is 4.79 Å². The van der Waals surface area contributed by atoms with Crippen LogP contribution in [0.5, 0.6) is 0 Å². The van der Waals surface area contributed by atoms with Crippen molar-refractivity contribution < 1.29 is 9.53 Å². The van der Waals surface area contributed by atoms with E-state index in [0.29, 0.717) is 35.6 Å². The minimum absolute atomic E-state index is 0.185. The number of anilines is 1. The van der Waals surface area contributed by atoms with Crippen molar-refractivity contribution >= 4 is 22.6 Å². The summed E-state index contributed by atoms with van der Waals surface area (Å²) in [6.07, 6.45) is 1.82. The van der Waals surface area contributed by atoms with Gasteiger partial charge in [-0.15, -0.1) is 0 Å². The molecule has 0 radical (unpaired) electrons. The van der Waals surface area contributed by atoms with Gasteiger partial charge in [-0.25, -0.2) is 15.0 Å². The number of ether oxygens (including phenoxy) is 1. The highest BCUT2D eigenvalue weighted by atomic mass is 16.5. The van der Waals surface area contributed by atoms with Crippen LogP contribution >= 0.6 is 0 Å². The fourth-order valence-electron chi connectivity index (χ4n) is 4.40. The molecular weight excluding hydrogens is 480 g/mol. The molecule has 3 aromatic heterocycles. The average Bonchev–Trinajstić information content (AvgIpc) is 3.26. The first-order valence-corrected chi connectivity index (χ1v) is 12.8. The van der Waals surface area contributed by atoms with Crippen molar-refractivity contribution in [3.63, 3.8) is 0 Å². The van der Waals surface area contributed by atoms with Crippen molar-refractivity contribution in [2.45, 2.75) is 40.5 Å². The van der Waals surface area contributed by atoms with Crippen LogP contribution < -0.4 is 10.6 Å². The summed E-state index contributed by atoms with van der Waals surface area (Å²) in [6, 6.07) is 9.67. The quantitative estimate of drug-likeness (QED) is 0.291. The van der Waals surface area contributed by atoms with Crippen molar-refractivity contribution in [2.24, 2.45) is 0 Å². The zero-order chi connectivity index (χ0) is 27.2. The van der Waals surface area contributed by atoms with Gasteiger partial charge in [0.05, 0.1) is 18.3 Å². The summed E-state index contributed by atoms with van der Waals surface area (Å²) in [4.78, 5) is 29.8. The molecule has 4 aromatic rings. The fraction of sp³-hybridized carbons (Fsp3) is 0.393. The number of amides is 1. The first-order chi connectivity index (χ1) is 18.3. The van der Waals surface area contributed by atoms with Crippen LogP contribution in [-0.4, -0.2) is 69.8 Å². The molecule has 2 N–H and O–H groups in total. The van der Waals surface area contributed by atoms with E-state index >= 15 is 0 Å². The zero-order valence-corrected chi connectivity index (χ0v) is 23.0. The van der Waals surface area contributed by atoms with Crippen molar-refractivity contribution in [1.82, 2.24) is 34.9 Å². The van der Waals surface area contributed by atoms with Crippen molar-refractivity contribution in [3.8, 4) is 11.4 Å². The largest absolute Gasteiger partial charge is 0.380 e. The molecule has 1 amide bonds. The number of rotatable bonds is 11. The Morgan fingerprint density at radius 1 is 1.11 bits per heavy atom. The number of methoxy groups -OCH3 is 1. The van der Waals surface area contributed by atoms with Crippen LogP contribution in [0.2, 0.25) is 0 Å². The lowest BCUT2D eigenvalue weighted by Gasteiger charge is -2.18. The van der Waals surface area contributed by atoms with E-state index in [4.69, 9.17) is 14.7 Å². The maximum atomic E-state index is 13.9. The van der Waals surface area contributed by atoms with Crippen molar-refractivity contribution in [3.05, 3.63) is 64.7 Å². The Labute approximate surface area is 223 Å². The summed E-state index contributed by atoms with van der Waals surface area (Å²) in [6.45, 7) is 9.18. The van der Waals surface area contributed by atoms with E-state index < -0.39 is 0 Å². The minimum atomic E-state index is -0.185. The molecule has 0 bridgehead atoms. The third-order valence-corrected chi connectivity index (χ3v) is 6.43. The fourth-order valence-corrected chi connectivity index (χ4v) is 4.40. The molecule has 3 heterocycles. The Kier molecular flexibility index (Phi) is 8.65. The van der Waals surface area contributed by atoms with Crippen LogP contribution in [-0.2, 0) is 24.4 Å². The normalized spacial score (nSPS) is 11.2. The Bertz CT molecular complexity index is 1430. The van der Waals surface area contributed by atoms with Gasteiger partial charge in [-0.05, 0) is 57.6 Å². The number of fused-ring (bicyclic) bond motifs is 1. The number of hydrogen-bond donors (Lipinski definition) is 2. The van der Waals surface area contributed by atoms with E-state index in [2.05, 4.69) is 20.7 Å². The molecule has 0 spiro atoms. The van der Waals surface area contributed by atoms with Crippen molar-refractivity contribution in [1.29, 1.82) is 0 Å². The second-order valence-electron chi connectivity index (χ2n) is 9.33. The maximum absolute atomic E-state index is 13.9. The van der Waals surface area contributed by atoms with Gasteiger partial charge in [0.1, 0.15) is 11.5 Å². The second-order valence-corrected chi connectivity index (χ2v) is 9.33. The lowest BCUT2D eigenvalue weighted by atomic mass is 10.1. The summed E-state index contributed by atoms with van der Waals surface area (Å²) >= 11 is 0.